The van der Waals surface area contributed by atoms with Gasteiger partial charge in [-0.1, -0.05) is 79.1 Å². The van der Waals surface area contributed by atoms with Crippen molar-refractivity contribution >= 4 is 11.6 Å². The number of hydrogen-bond acceptors (Lipinski definition) is 3. The van der Waals surface area contributed by atoms with Crippen LogP contribution in [0.3, 0.4) is 0 Å². The predicted molar refractivity (Wildman–Crippen MR) is 122 cm³/mol. The minimum atomic E-state index is -0.0517. The Kier molecular flexibility index (Phi) is 6.44. The molecule has 0 saturated heterocycles. The summed E-state index contributed by atoms with van der Waals surface area (Å²) >= 11 is 0. The number of rotatable bonds is 7. The third-order valence-corrected chi connectivity index (χ3v) is 6.28. The van der Waals surface area contributed by atoms with Crippen LogP contribution < -0.4 is 0 Å². The number of aryl methyl sites for hydroxylation is 1. The first-order valence-electron chi connectivity index (χ1n) is 11.0. The summed E-state index contributed by atoms with van der Waals surface area (Å²) < 4.78 is 0. The van der Waals surface area contributed by atoms with Crippen molar-refractivity contribution in [1.29, 1.82) is 0 Å². The fourth-order valence-electron chi connectivity index (χ4n) is 4.62. The van der Waals surface area contributed by atoms with E-state index in [-0.39, 0.29) is 11.9 Å². The fraction of sp³-hybridized carbons (Fsp3) is 0.385. The highest BCUT2D eigenvalue weighted by Crippen LogP contribution is 2.33. The topological polar surface area (TPSA) is 35.9 Å². The van der Waals surface area contributed by atoms with Gasteiger partial charge in [-0.25, -0.2) is 5.01 Å². The van der Waals surface area contributed by atoms with E-state index in [0.29, 0.717) is 12.6 Å². The Morgan fingerprint density at radius 1 is 1.13 bits per heavy atom. The number of benzene rings is 2. The molecule has 2 aliphatic rings. The monoisotopic (exact) mass is 401 g/mol. The molecule has 0 spiro atoms. The molecule has 1 fully saturated rings. The van der Waals surface area contributed by atoms with E-state index in [0.717, 1.165) is 29.8 Å². The number of amides is 1. The van der Waals surface area contributed by atoms with Gasteiger partial charge in [-0.3, -0.25) is 9.69 Å². The molecule has 1 saturated carbocycles. The molecule has 1 atom stereocenters. The molecule has 1 amide bonds. The molecule has 0 radical (unpaired) electrons. The summed E-state index contributed by atoms with van der Waals surface area (Å²) in [5, 5.41) is 6.57. The number of hydrogen-bond donors (Lipinski definition) is 0. The van der Waals surface area contributed by atoms with Crippen LogP contribution in [0.2, 0.25) is 0 Å². The van der Waals surface area contributed by atoms with Crippen LogP contribution in [0.25, 0.3) is 0 Å². The van der Waals surface area contributed by atoms with E-state index in [9.17, 15) is 4.79 Å². The average Bonchev–Trinajstić information content (AvgIpc) is 3.45. The molecule has 4 nitrogen and oxygen atoms in total. The van der Waals surface area contributed by atoms with E-state index in [1.54, 1.807) is 5.01 Å². The Morgan fingerprint density at radius 3 is 2.50 bits per heavy atom. The third-order valence-electron chi connectivity index (χ3n) is 6.28. The summed E-state index contributed by atoms with van der Waals surface area (Å²) in [4.78, 5) is 15.7. The van der Waals surface area contributed by atoms with Crippen LogP contribution in [0.15, 0.2) is 72.4 Å². The van der Waals surface area contributed by atoms with E-state index in [4.69, 9.17) is 5.10 Å². The second-order valence-electron chi connectivity index (χ2n) is 8.44. The summed E-state index contributed by atoms with van der Waals surface area (Å²) in [6.07, 6.45) is 7.48. The summed E-state index contributed by atoms with van der Waals surface area (Å²) in [5.41, 5.74) is 4.43. The van der Waals surface area contributed by atoms with Crippen molar-refractivity contribution < 1.29 is 4.79 Å². The van der Waals surface area contributed by atoms with Gasteiger partial charge in [0, 0.05) is 19.0 Å². The molecule has 30 heavy (non-hydrogen) atoms. The van der Waals surface area contributed by atoms with Crippen LogP contribution in [0.1, 0.15) is 54.8 Å². The van der Waals surface area contributed by atoms with Crippen LogP contribution >= 0.6 is 0 Å². The van der Waals surface area contributed by atoms with Gasteiger partial charge in [0.05, 0.1) is 18.3 Å². The number of nitrogens with zero attached hydrogens (tertiary/aromatic N) is 3. The molecule has 1 aliphatic heterocycles. The maximum atomic E-state index is 13.4. The molecule has 0 aromatic heterocycles. The second-order valence-corrected chi connectivity index (χ2v) is 8.44. The lowest BCUT2D eigenvalue weighted by Crippen LogP contribution is -2.42. The molecule has 1 aliphatic carbocycles. The third kappa shape index (κ3) is 4.54. The number of hydrazone groups is 1. The smallest absolute Gasteiger partial charge is 0.257 e. The average molecular weight is 402 g/mol. The van der Waals surface area contributed by atoms with Crippen LogP contribution in [0.5, 0.6) is 0 Å². The maximum absolute atomic E-state index is 13.4. The normalized spacial score (nSPS) is 19.3. The van der Waals surface area contributed by atoms with Crippen molar-refractivity contribution in [3.63, 3.8) is 0 Å². The molecule has 156 valence electrons. The molecule has 2 aromatic rings. The molecular formula is C26H31N3O. The highest BCUT2D eigenvalue weighted by Gasteiger charge is 2.34. The highest BCUT2D eigenvalue weighted by molar-refractivity contribution is 6.03. The zero-order valence-electron chi connectivity index (χ0n) is 17.8. The number of carbonyl (C=O) groups is 1. The molecule has 0 N–H and O–H groups in total. The first-order chi connectivity index (χ1) is 14.7. The van der Waals surface area contributed by atoms with E-state index < -0.39 is 0 Å². The first-order valence-corrected chi connectivity index (χ1v) is 11.0. The molecule has 1 unspecified atom stereocenters. The predicted octanol–water partition coefficient (Wildman–Crippen LogP) is 5.10. The SMILES string of the molecule is C=CCN(CC(=O)N1N=C(c2ccc(C)cc2)CC1c1ccccc1)C1CCCC1. The Morgan fingerprint density at radius 2 is 1.83 bits per heavy atom. The van der Waals surface area contributed by atoms with Gasteiger partial charge in [-0.05, 0) is 30.9 Å². The van der Waals surface area contributed by atoms with Crippen molar-refractivity contribution in [3.8, 4) is 0 Å². The van der Waals surface area contributed by atoms with Gasteiger partial charge in [-0.2, -0.15) is 5.10 Å². The van der Waals surface area contributed by atoms with Gasteiger partial charge in [0.2, 0.25) is 0 Å². The van der Waals surface area contributed by atoms with Gasteiger partial charge in [0.15, 0.2) is 0 Å². The first kappa shape index (κ1) is 20.5. The van der Waals surface area contributed by atoms with E-state index in [1.807, 2.05) is 24.3 Å². The van der Waals surface area contributed by atoms with Gasteiger partial charge >= 0.3 is 0 Å². The van der Waals surface area contributed by atoms with Crippen LogP contribution in [0.4, 0.5) is 0 Å². The largest absolute Gasteiger partial charge is 0.288 e. The molecular weight excluding hydrogens is 370 g/mol. The van der Waals surface area contributed by atoms with Crippen molar-refractivity contribution in [2.45, 2.75) is 51.1 Å². The summed E-state index contributed by atoms with van der Waals surface area (Å²) in [7, 11) is 0. The molecule has 2 aromatic carbocycles. The Balaban J connectivity index is 1.59. The van der Waals surface area contributed by atoms with E-state index in [1.165, 1.54) is 31.2 Å². The molecule has 1 heterocycles. The minimum absolute atomic E-state index is 0.0517. The zero-order chi connectivity index (χ0) is 20.9. The van der Waals surface area contributed by atoms with Gasteiger partial charge in [-0.15, -0.1) is 6.58 Å². The van der Waals surface area contributed by atoms with Crippen molar-refractivity contribution in [2.75, 3.05) is 13.1 Å². The quantitative estimate of drug-likeness (QED) is 0.605. The fourth-order valence-corrected chi connectivity index (χ4v) is 4.62. The summed E-state index contributed by atoms with van der Waals surface area (Å²) in [5.74, 6) is 0.0692. The van der Waals surface area contributed by atoms with Crippen LogP contribution in [-0.4, -0.2) is 40.7 Å². The Bertz CT molecular complexity index is 898. The van der Waals surface area contributed by atoms with Crippen molar-refractivity contribution in [3.05, 3.63) is 83.9 Å². The van der Waals surface area contributed by atoms with E-state index >= 15 is 0 Å². The lowest BCUT2D eigenvalue weighted by Gasteiger charge is -2.30. The van der Waals surface area contributed by atoms with Crippen molar-refractivity contribution in [2.24, 2.45) is 5.10 Å². The standard InChI is InChI=1S/C26H31N3O/c1-3-17-28(23-11-7-8-12-23)19-26(30)29-25(22-9-5-4-6-10-22)18-24(27-29)21-15-13-20(2)14-16-21/h3-6,9-10,13-16,23,25H,1,7-8,11-12,17-19H2,2H3. The number of carbonyl (C=O) groups excluding carboxylic acids is 1. The van der Waals surface area contributed by atoms with Gasteiger partial charge in [0.1, 0.15) is 0 Å². The highest BCUT2D eigenvalue weighted by atomic mass is 16.2. The van der Waals surface area contributed by atoms with Gasteiger partial charge < -0.3 is 0 Å². The molecule has 4 heteroatoms. The van der Waals surface area contributed by atoms with Crippen LogP contribution in [-0.2, 0) is 4.79 Å². The molecule has 0 bridgehead atoms. The minimum Gasteiger partial charge on any atom is -0.288 e. The van der Waals surface area contributed by atoms with Gasteiger partial charge in [0.25, 0.3) is 5.91 Å². The zero-order valence-corrected chi connectivity index (χ0v) is 17.8. The lowest BCUT2D eigenvalue weighted by atomic mass is 9.98. The van der Waals surface area contributed by atoms with Crippen LogP contribution in [0, 0.1) is 6.92 Å². The lowest BCUT2D eigenvalue weighted by molar-refractivity contribution is -0.134. The van der Waals surface area contributed by atoms with Crippen molar-refractivity contribution in [1.82, 2.24) is 9.91 Å². The van der Waals surface area contributed by atoms with E-state index in [2.05, 4.69) is 54.8 Å². The summed E-state index contributed by atoms with van der Waals surface area (Å²) in [6, 6.07) is 19.1. The summed E-state index contributed by atoms with van der Waals surface area (Å²) in [6.45, 7) is 7.13. The molecule has 4 rings (SSSR count). The Labute approximate surface area is 179 Å². The maximum Gasteiger partial charge on any atom is 0.257 e. The Hall–Kier alpha value is -2.72. The second kappa shape index (κ2) is 9.40.